The minimum Gasteiger partial charge on any atom is -0.294 e. The minimum absolute atomic E-state index is 0.0349. The van der Waals surface area contributed by atoms with Crippen molar-refractivity contribution in [3.8, 4) is 11.4 Å². The van der Waals surface area contributed by atoms with Gasteiger partial charge < -0.3 is 0 Å². The van der Waals surface area contributed by atoms with E-state index in [4.69, 9.17) is 11.6 Å². The molecule has 0 N–H and O–H groups in total. The van der Waals surface area contributed by atoms with Gasteiger partial charge in [0.15, 0.2) is 11.6 Å². The van der Waals surface area contributed by atoms with Gasteiger partial charge in [0.05, 0.1) is 6.20 Å². The number of halogens is 1. The lowest BCUT2D eigenvalue weighted by molar-refractivity contribution is -0.120. The highest BCUT2D eigenvalue weighted by atomic mass is 35.5. The van der Waals surface area contributed by atoms with Gasteiger partial charge in [0, 0.05) is 36.6 Å². The molecule has 130 valence electrons. The van der Waals surface area contributed by atoms with Crippen LogP contribution in [0.2, 0.25) is 5.15 Å². The molecule has 4 heterocycles. The Morgan fingerprint density at radius 3 is 2.62 bits per heavy atom. The third-order valence-corrected chi connectivity index (χ3v) is 4.58. The van der Waals surface area contributed by atoms with Gasteiger partial charge in [-0.25, -0.2) is 9.97 Å². The molecule has 8 heteroatoms. The molecule has 7 nitrogen and oxygen atoms in total. The Kier molecular flexibility index (Phi) is 4.53. The Morgan fingerprint density at radius 2 is 1.92 bits per heavy atom. The van der Waals surface area contributed by atoms with E-state index in [1.165, 1.54) is 0 Å². The fraction of sp³-hybridized carbons (Fsp3) is 0.222. The normalized spacial score (nSPS) is 16.9. The predicted octanol–water partition coefficient (Wildman–Crippen LogP) is 2.58. The van der Waals surface area contributed by atoms with E-state index in [1.807, 2.05) is 18.2 Å². The molecule has 1 atom stereocenters. The maximum Gasteiger partial charge on any atom is 0.231 e. The lowest BCUT2D eigenvalue weighted by Gasteiger charge is -2.15. The van der Waals surface area contributed by atoms with Crippen LogP contribution in [0.3, 0.4) is 0 Å². The average molecular weight is 367 g/mol. The Labute approximate surface area is 155 Å². The fourth-order valence-electron chi connectivity index (χ4n) is 2.99. The van der Waals surface area contributed by atoms with Gasteiger partial charge >= 0.3 is 0 Å². The molecule has 1 aliphatic heterocycles. The molecule has 3 aromatic heterocycles. The van der Waals surface area contributed by atoms with Crippen LogP contribution in [0.1, 0.15) is 12.0 Å². The summed E-state index contributed by atoms with van der Waals surface area (Å²) in [6.45, 7) is 0.607. The quantitative estimate of drug-likeness (QED) is 0.660. The molecule has 1 saturated heterocycles. The van der Waals surface area contributed by atoms with Crippen LogP contribution in [0.25, 0.3) is 11.4 Å². The van der Waals surface area contributed by atoms with Gasteiger partial charge in [-0.15, -0.1) is 10.2 Å². The van der Waals surface area contributed by atoms with E-state index in [0.29, 0.717) is 29.8 Å². The fourth-order valence-corrected chi connectivity index (χ4v) is 3.11. The molecule has 1 aliphatic rings. The highest BCUT2D eigenvalue weighted by Gasteiger charge is 2.33. The molecule has 4 rings (SSSR count). The van der Waals surface area contributed by atoms with Crippen LogP contribution in [0.15, 0.2) is 49.1 Å². The van der Waals surface area contributed by atoms with Crippen LogP contribution in [0.4, 0.5) is 5.82 Å². The standard InChI is InChI=1S/C18H15ClN6O/c19-15-2-1-12(10-21-15)9-14-5-8-25(18(14)26)16-11-22-17(24-23-16)13-3-6-20-7-4-13/h1-4,6-7,10-11,14H,5,8-9H2. The molecule has 0 radical (unpaired) electrons. The van der Waals surface area contributed by atoms with Crippen molar-refractivity contribution in [1.29, 1.82) is 0 Å². The maximum atomic E-state index is 12.7. The third kappa shape index (κ3) is 3.39. The highest BCUT2D eigenvalue weighted by Crippen LogP contribution is 2.26. The summed E-state index contributed by atoms with van der Waals surface area (Å²) in [6.07, 6.45) is 8.04. The van der Waals surface area contributed by atoms with E-state index in [1.54, 1.807) is 35.8 Å². The van der Waals surface area contributed by atoms with Crippen LogP contribution in [-0.4, -0.2) is 37.6 Å². The molecule has 1 fully saturated rings. The van der Waals surface area contributed by atoms with Gasteiger partial charge in [-0.2, -0.15) is 0 Å². The number of carbonyl (C=O) groups excluding carboxylic acids is 1. The first kappa shape index (κ1) is 16.5. The Hall–Kier alpha value is -2.93. The number of hydrogen-bond donors (Lipinski definition) is 0. The lowest BCUT2D eigenvalue weighted by atomic mass is 9.99. The minimum atomic E-state index is -0.0975. The van der Waals surface area contributed by atoms with Crippen LogP contribution in [-0.2, 0) is 11.2 Å². The van der Waals surface area contributed by atoms with Gasteiger partial charge in [0.2, 0.25) is 5.91 Å². The van der Waals surface area contributed by atoms with E-state index in [9.17, 15) is 4.79 Å². The number of amides is 1. The van der Waals surface area contributed by atoms with Gasteiger partial charge in [-0.05, 0) is 36.6 Å². The third-order valence-electron chi connectivity index (χ3n) is 4.35. The van der Waals surface area contributed by atoms with Gasteiger partial charge in [0.1, 0.15) is 5.15 Å². The van der Waals surface area contributed by atoms with E-state index >= 15 is 0 Å². The molecule has 0 aliphatic carbocycles. The first-order valence-electron chi connectivity index (χ1n) is 8.22. The summed E-state index contributed by atoms with van der Waals surface area (Å²) < 4.78 is 0. The van der Waals surface area contributed by atoms with Crippen molar-refractivity contribution < 1.29 is 4.79 Å². The van der Waals surface area contributed by atoms with Crippen molar-refractivity contribution in [2.45, 2.75) is 12.8 Å². The van der Waals surface area contributed by atoms with E-state index < -0.39 is 0 Å². The Morgan fingerprint density at radius 1 is 1.08 bits per heavy atom. The zero-order chi connectivity index (χ0) is 17.9. The van der Waals surface area contributed by atoms with Gasteiger partial charge in [-0.1, -0.05) is 17.7 Å². The van der Waals surface area contributed by atoms with Crippen molar-refractivity contribution >= 4 is 23.3 Å². The SMILES string of the molecule is O=C1C(Cc2ccc(Cl)nc2)CCN1c1cnc(-c2ccncc2)nn1. The number of aromatic nitrogens is 5. The molecule has 1 amide bonds. The molecule has 0 aromatic carbocycles. The average Bonchev–Trinajstić information content (AvgIpc) is 3.05. The second-order valence-corrected chi connectivity index (χ2v) is 6.43. The van der Waals surface area contributed by atoms with Crippen LogP contribution in [0, 0.1) is 5.92 Å². The van der Waals surface area contributed by atoms with Gasteiger partial charge in [0.25, 0.3) is 0 Å². The Balaban J connectivity index is 1.47. The Bertz CT molecular complexity index is 901. The molecule has 0 saturated carbocycles. The van der Waals surface area contributed by atoms with Crippen molar-refractivity contribution in [2.75, 3.05) is 11.4 Å². The maximum absolute atomic E-state index is 12.7. The molecule has 3 aromatic rings. The topological polar surface area (TPSA) is 84.8 Å². The molecule has 0 bridgehead atoms. The van der Waals surface area contributed by atoms with Crippen molar-refractivity contribution in [2.24, 2.45) is 5.92 Å². The summed E-state index contributed by atoms with van der Waals surface area (Å²) in [7, 11) is 0. The van der Waals surface area contributed by atoms with E-state index in [0.717, 1.165) is 17.5 Å². The summed E-state index contributed by atoms with van der Waals surface area (Å²) in [5.74, 6) is 0.920. The second kappa shape index (κ2) is 7.13. The summed E-state index contributed by atoms with van der Waals surface area (Å²) in [6, 6.07) is 7.26. The monoisotopic (exact) mass is 366 g/mol. The number of pyridine rings is 2. The number of nitrogens with zero attached hydrogens (tertiary/aromatic N) is 6. The van der Waals surface area contributed by atoms with Crippen molar-refractivity contribution in [3.05, 3.63) is 59.8 Å². The van der Waals surface area contributed by atoms with Crippen LogP contribution < -0.4 is 4.90 Å². The largest absolute Gasteiger partial charge is 0.294 e. The number of carbonyl (C=O) groups is 1. The van der Waals surface area contributed by atoms with Crippen LogP contribution >= 0.6 is 11.6 Å². The smallest absolute Gasteiger partial charge is 0.231 e. The zero-order valence-corrected chi connectivity index (χ0v) is 14.5. The van der Waals surface area contributed by atoms with E-state index in [2.05, 4.69) is 25.1 Å². The summed E-state index contributed by atoms with van der Waals surface area (Å²) in [5, 5.41) is 8.77. The number of rotatable bonds is 4. The first-order valence-corrected chi connectivity index (χ1v) is 8.60. The number of hydrogen-bond acceptors (Lipinski definition) is 6. The lowest BCUT2D eigenvalue weighted by Crippen LogP contribution is -2.29. The van der Waals surface area contributed by atoms with E-state index in [-0.39, 0.29) is 11.8 Å². The van der Waals surface area contributed by atoms with Gasteiger partial charge in [-0.3, -0.25) is 14.7 Å². The summed E-state index contributed by atoms with van der Waals surface area (Å²) >= 11 is 5.81. The van der Waals surface area contributed by atoms with Crippen molar-refractivity contribution in [1.82, 2.24) is 25.1 Å². The molecule has 0 spiro atoms. The zero-order valence-electron chi connectivity index (χ0n) is 13.8. The molecular weight excluding hydrogens is 352 g/mol. The molecule has 1 unspecified atom stereocenters. The highest BCUT2D eigenvalue weighted by molar-refractivity contribution is 6.29. The summed E-state index contributed by atoms with van der Waals surface area (Å²) in [4.78, 5) is 26.7. The molecular formula is C18H15ClN6O. The van der Waals surface area contributed by atoms with Crippen LogP contribution in [0.5, 0.6) is 0 Å². The summed E-state index contributed by atoms with van der Waals surface area (Å²) in [5.41, 5.74) is 1.83. The predicted molar refractivity (Wildman–Crippen MR) is 96.5 cm³/mol. The first-order chi connectivity index (χ1) is 12.7. The number of anilines is 1. The van der Waals surface area contributed by atoms with Crippen molar-refractivity contribution in [3.63, 3.8) is 0 Å². The second-order valence-electron chi connectivity index (χ2n) is 6.04. The molecule has 26 heavy (non-hydrogen) atoms.